The van der Waals surface area contributed by atoms with E-state index in [2.05, 4.69) is 30.5 Å². The molecule has 0 fully saturated rings. The van der Waals surface area contributed by atoms with Gasteiger partial charge in [-0.3, -0.25) is 4.79 Å². The lowest BCUT2D eigenvalue weighted by atomic mass is 10.1. The average Bonchev–Trinajstić information content (AvgIpc) is 2.54. The van der Waals surface area contributed by atoms with Gasteiger partial charge in [0.15, 0.2) is 0 Å². The monoisotopic (exact) mass is 365 g/mol. The van der Waals surface area contributed by atoms with E-state index in [4.69, 9.17) is 0 Å². The van der Waals surface area contributed by atoms with Crippen molar-refractivity contribution < 1.29 is 13.2 Å². The predicted octanol–water partition coefficient (Wildman–Crippen LogP) is 3.19. The number of carbonyl (C=O) groups excluding carboxylic acids is 1. The molecule has 1 aliphatic heterocycles. The van der Waals surface area contributed by atoms with E-state index in [1.807, 2.05) is 4.90 Å². The second-order valence-corrected chi connectivity index (χ2v) is 8.34. The third-order valence-electron chi connectivity index (χ3n) is 4.05. The molecule has 1 aromatic carbocycles. The summed E-state index contributed by atoms with van der Waals surface area (Å²) in [6.45, 7) is 9.18. The van der Waals surface area contributed by atoms with Gasteiger partial charge in [-0.05, 0) is 37.5 Å². The van der Waals surface area contributed by atoms with Crippen molar-refractivity contribution in [1.29, 1.82) is 0 Å². The van der Waals surface area contributed by atoms with Crippen molar-refractivity contribution in [1.82, 2.24) is 5.32 Å². The Hall–Kier alpha value is -1.89. The molecule has 0 saturated carbocycles. The number of unbranched alkanes of at least 4 members (excludes halogenated alkanes) is 2. The van der Waals surface area contributed by atoms with Crippen LogP contribution in [0.15, 0.2) is 27.5 Å². The number of fused-ring (bicyclic) bond motifs is 1. The van der Waals surface area contributed by atoms with E-state index in [1.165, 1.54) is 6.07 Å². The zero-order valence-electron chi connectivity index (χ0n) is 15.4. The number of hydrogen-bond acceptors (Lipinski definition) is 4. The van der Waals surface area contributed by atoms with Crippen LogP contribution in [0.3, 0.4) is 0 Å². The lowest BCUT2D eigenvalue weighted by molar-refractivity contribution is 0.0953. The van der Waals surface area contributed by atoms with E-state index in [9.17, 15) is 13.2 Å². The molecule has 0 atom stereocenters. The summed E-state index contributed by atoms with van der Waals surface area (Å²) >= 11 is 0. The van der Waals surface area contributed by atoms with Crippen LogP contribution in [0.1, 0.15) is 57.3 Å². The van der Waals surface area contributed by atoms with Gasteiger partial charge >= 0.3 is 0 Å². The molecule has 1 amide bonds. The minimum absolute atomic E-state index is 0.0972. The molecule has 0 saturated heterocycles. The number of amidine groups is 1. The van der Waals surface area contributed by atoms with Crippen LogP contribution in [-0.4, -0.2) is 33.3 Å². The highest BCUT2D eigenvalue weighted by Crippen LogP contribution is 2.33. The van der Waals surface area contributed by atoms with Crippen molar-refractivity contribution in [2.45, 2.75) is 51.9 Å². The zero-order chi connectivity index (χ0) is 18.6. The van der Waals surface area contributed by atoms with E-state index in [1.54, 1.807) is 19.1 Å². The van der Waals surface area contributed by atoms with Crippen LogP contribution >= 0.6 is 0 Å². The third kappa shape index (κ3) is 4.60. The molecule has 0 bridgehead atoms. The Morgan fingerprint density at radius 2 is 2.00 bits per heavy atom. The van der Waals surface area contributed by atoms with Crippen LogP contribution in [0.4, 0.5) is 5.69 Å². The number of nitrogens with one attached hydrogen (secondary N) is 1. The van der Waals surface area contributed by atoms with Crippen LogP contribution in [-0.2, 0) is 10.0 Å². The van der Waals surface area contributed by atoms with Gasteiger partial charge in [-0.15, -0.1) is 4.40 Å². The second-order valence-electron chi connectivity index (χ2n) is 6.76. The number of hydrogen-bond donors (Lipinski definition) is 1. The first-order valence-electron chi connectivity index (χ1n) is 8.77. The first kappa shape index (κ1) is 19.4. The van der Waals surface area contributed by atoms with Crippen LogP contribution in [0.25, 0.3) is 0 Å². The summed E-state index contributed by atoms with van der Waals surface area (Å²) in [6.07, 6.45) is 3.05. The van der Waals surface area contributed by atoms with Gasteiger partial charge in [0.2, 0.25) is 0 Å². The lowest BCUT2D eigenvalue weighted by Crippen LogP contribution is -2.37. The SMILES string of the molecule is CCCCCNC(=O)c1ccc2c(c1)S(=O)(=O)N=C(C)N2CC(C)C. The van der Waals surface area contributed by atoms with Crippen LogP contribution in [0, 0.1) is 5.92 Å². The number of amides is 1. The molecule has 0 spiro atoms. The Morgan fingerprint density at radius 1 is 1.28 bits per heavy atom. The zero-order valence-corrected chi connectivity index (χ0v) is 16.2. The van der Waals surface area contributed by atoms with Crippen molar-refractivity contribution in [3.63, 3.8) is 0 Å². The van der Waals surface area contributed by atoms with E-state index in [0.29, 0.717) is 36.1 Å². The first-order valence-corrected chi connectivity index (χ1v) is 10.2. The maximum atomic E-state index is 12.4. The van der Waals surface area contributed by atoms with Crippen LogP contribution in [0.5, 0.6) is 0 Å². The van der Waals surface area contributed by atoms with Crippen molar-refractivity contribution in [3.05, 3.63) is 23.8 Å². The van der Waals surface area contributed by atoms with Gasteiger partial charge in [0.25, 0.3) is 15.9 Å². The fourth-order valence-corrected chi connectivity index (χ4v) is 4.07. The molecule has 138 valence electrons. The summed E-state index contributed by atoms with van der Waals surface area (Å²) in [6, 6.07) is 4.81. The molecule has 1 aromatic rings. The highest BCUT2D eigenvalue weighted by atomic mass is 32.2. The molecule has 7 heteroatoms. The summed E-state index contributed by atoms with van der Waals surface area (Å²) in [5.74, 6) is 0.550. The van der Waals surface area contributed by atoms with E-state index in [-0.39, 0.29) is 10.8 Å². The van der Waals surface area contributed by atoms with Gasteiger partial charge in [0, 0.05) is 18.7 Å². The van der Waals surface area contributed by atoms with Gasteiger partial charge in [0.05, 0.1) is 5.69 Å². The highest BCUT2D eigenvalue weighted by Gasteiger charge is 2.30. The number of nitrogens with zero attached hydrogens (tertiary/aromatic N) is 2. The number of rotatable bonds is 7. The fourth-order valence-electron chi connectivity index (χ4n) is 2.81. The maximum Gasteiger partial charge on any atom is 0.286 e. The fraction of sp³-hybridized carbons (Fsp3) is 0.556. The van der Waals surface area contributed by atoms with E-state index in [0.717, 1.165) is 19.3 Å². The van der Waals surface area contributed by atoms with Crippen molar-refractivity contribution in [2.24, 2.45) is 10.3 Å². The predicted molar refractivity (Wildman–Crippen MR) is 101 cm³/mol. The molecule has 0 aromatic heterocycles. The minimum Gasteiger partial charge on any atom is -0.352 e. The van der Waals surface area contributed by atoms with Crippen molar-refractivity contribution in [3.8, 4) is 0 Å². The summed E-state index contributed by atoms with van der Waals surface area (Å²) in [5, 5.41) is 2.84. The Morgan fingerprint density at radius 3 is 2.64 bits per heavy atom. The largest absolute Gasteiger partial charge is 0.352 e. The Bertz CT molecular complexity index is 770. The van der Waals surface area contributed by atoms with Crippen molar-refractivity contribution in [2.75, 3.05) is 18.0 Å². The topological polar surface area (TPSA) is 78.8 Å². The number of benzene rings is 1. The van der Waals surface area contributed by atoms with Crippen LogP contribution in [0.2, 0.25) is 0 Å². The quantitative estimate of drug-likeness (QED) is 0.753. The van der Waals surface area contributed by atoms with Gasteiger partial charge in [-0.25, -0.2) is 0 Å². The minimum atomic E-state index is -3.78. The summed E-state index contributed by atoms with van der Waals surface area (Å²) in [5.41, 5.74) is 0.932. The molecule has 0 radical (unpaired) electrons. The third-order valence-corrected chi connectivity index (χ3v) is 5.43. The molecule has 0 unspecified atom stereocenters. The normalized spacial score (nSPS) is 15.7. The standard InChI is InChI=1S/C18H27N3O3S/c1-5-6-7-10-19-18(22)15-8-9-16-17(11-15)25(23,24)20-14(4)21(16)12-13(2)3/h8-9,11,13H,5-7,10,12H2,1-4H3,(H,19,22). The van der Waals surface area contributed by atoms with E-state index < -0.39 is 10.0 Å². The molecule has 6 nitrogen and oxygen atoms in total. The maximum absolute atomic E-state index is 12.4. The van der Waals surface area contributed by atoms with Gasteiger partial charge < -0.3 is 10.2 Å². The first-order chi connectivity index (χ1) is 11.8. The summed E-state index contributed by atoms with van der Waals surface area (Å²) in [7, 11) is -3.78. The molecular weight excluding hydrogens is 338 g/mol. The van der Waals surface area contributed by atoms with Crippen molar-refractivity contribution >= 4 is 27.5 Å². The highest BCUT2D eigenvalue weighted by molar-refractivity contribution is 7.90. The Balaban J connectivity index is 2.30. The molecular formula is C18H27N3O3S. The Kier molecular flexibility index (Phi) is 6.21. The molecule has 0 aliphatic carbocycles. The molecule has 1 aliphatic rings. The molecule has 2 rings (SSSR count). The van der Waals surface area contributed by atoms with E-state index >= 15 is 0 Å². The number of carbonyl (C=O) groups is 1. The van der Waals surface area contributed by atoms with Gasteiger partial charge in [0.1, 0.15) is 10.7 Å². The number of sulfonamides is 1. The smallest absolute Gasteiger partial charge is 0.286 e. The second kappa shape index (κ2) is 7.99. The molecule has 25 heavy (non-hydrogen) atoms. The number of anilines is 1. The Labute approximate surface area is 150 Å². The average molecular weight is 365 g/mol. The van der Waals surface area contributed by atoms with Crippen LogP contribution < -0.4 is 10.2 Å². The molecule has 1 N–H and O–H groups in total. The lowest BCUT2D eigenvalue weighted by Gasteiger charge is -2.30. The summed E-state index contributed by atoms with van der Waals surface area (Å²) < 4.78 is 28.7. The van der Waals surface area contributed by atoms with Gasteiger partial charge in [-0.2, -0.15) is 8.42 Å². The summed E-state index contributed by atoms with van der Waals surface area (Å²) in [4.78, 5) is 14.3. The molecule has 1 heterocycles. The van der Waals surface area contributed by atoms with Gasteiger partial charge in [-0.1, -0.05) is 33.6 Å².